The number of rotatable bonds is 7. The van der Waals surface area contributed by atoms with E-state index < -0.39 is 68.4 Å². The molecule has 0 amide bonds. The topological polar surface area (TPSA) is 156 Å². The largest absolute Gasteiger partial charge is 0.507 e. The van der Waals surface area contributed by atoms with Crippen LogP contribution < -0.4 is 0 Å². The van der Waals surface area contributed by atoms with E-state index in [0.717, 1.165) is 23.3 Å². The van der Waals surface area contributed by atoms with E-state index in [4.69, 9.17) is 0 Å². The van der Waals surface area contributed by atoms with Crippen molar-refractivity contribution in [2.75, 3.05) is 0 Å². The van der Waals surface area contributed by atoms with E-state index in [2.05, 4.69) is 0 Å². The van der Waals surface area contributed by atoms with Gasteiger partial charge in [0.05, 0.1) is 22.3 Å². The lowest BCUT2D eigenvalue weighted by atomic mass is 9.77. The van der Waals surface area contributed by atoms with Gasteiger partial charge in [0.2, 0.25) is 5.78 Å². The van der Waals surface area contributed by atoms with Crippen LogP contribution in [0, 0.1) is 0 Å². The summed E-state index contributed by atoms with van der Waals surface area (Å²) in [6, 6.07) is 19.5. The normalized spacial score (nSPS) is 17.4. The number of aliphatic hydroxyl groups is 3. The summed E-state index contributed by atoms with van der Waals surface area (Å²) in [4.78, 5) is 25.9. The summed E-state index contributed by atoms with van der Waals surface area (Å²) in [5.41, 5.74) is -0.150. The van der Waals surface area contributed by atoms with Crippen LogP contribution in [-0.2, 0) is 16.0 Å². The second-order valence-corrected chi connectivity index (χ2v) is 9.68. The van der Waals surface area contributed by atoms with E-state index in [-0.39, 0.29) is 24.0 Å². The summed E-state index contributed by atoms with van der Waals surface area (Å²) < 4.78 is 0. The number of carbonyl (C=O) groups excluding carboxylic acids is 2. The summed E-state index contributed by atoms with van der Waals surface area (Å²) in [5, 5.41) is 64.2. The first-order valence-electron chi connectivity index (χ1n) is 13.0. The standard InChI is InChI=1S/C34H26O8/c35-23-17-25(37)27(31(39)21(23)15-7-13-19-9-3-1-4-10-19)29-33(41)30(34(29)42)28-26(38)18-24(36)22(32(28)40)16-8-14-20-11-5-2-6-12-20/h1-14,17-18,35,37-41H,15-16H2/b13-7+,14-8+,30-28-. The van der Waals surface area contributed by atoms with E-state index in [0.29, 0.717) is 0 Å². The Morgan fingerprint density at radius 2 is 1.19 bits per heavy atom. The van der Waals surface area contributed by atoms with Gasteiger partial charge in [0, 0.05) is 23.3 Å². The lowest BCUT2D eigenvalue weighted by molar-refractivity contribution is -0.113. The minimum absolute atomic E-state index is 0.00502. The number of allylic oxidation sites excluding steroid dienone is 6. The van der Waals surface area contributed by atoms with Gasteiger partial charge >= 0.3 is 0 Å². The molecule has 210 valence electrons. The first-order valence-corrected chi connectivity index (χ1v) is 13.0. The number of hydrogen-bond acceptors (Lipinski definition) is 8. The van der Waals surface area contributed by atoms with Crippen LogP contribution >= 0.6 is 0 Å². The highest BCUT2D eigenvalue weighted by atomic mass is 16.3. The number of aliphatic hydroxyl groups excluding tert-OH is 3. The predicted molar refractivity (Wildman–Crippen MR) is 158 cm³/mol. The summed E-state index contributed by atoms with van der Waals surface area (Å²) >= 11 is 0. The summed E-state index contributed by atoms with van der Waals surface area (Å²) in [5.74, 6) is -5.35. The molecule has 3 aromatic carbocycles. The van der Waals surface area contributed by atoms with Gasteiger partial charge in [-0.15, -0.1) is 0 Å². The molecule has 0 fully saturated rings. The van der Waals surface area contributed by atoms with Crippen molar-refractivity contribution in [3.8, 4) is 17.2 Å². The van der Waals surface area contributed by atoms with E-state index in [1.807, 2.05) is 60.7 Å². The predicted octanol–water partition coefficient (Wildman–Crippen LogP) is 6.15. The van der Waals surface area contributed by atoms with Gasteiger partial charge in [-0.1, -0.05) is 85.0 Å². The number of Topliss-reactive ketones (excluding diaryl/α,β-unsaturated/α-hetero) is 1. The Balaban J connectivity index is 1.51. The van der Waals surface area contributed by atoms with E-state index in [1.54, 1.807) is 24.3 Å². The van der Waals surface area contributed by atoms with Crippen molar-refractivity contribution < 1.29 is 40.2 Å². The maximum absolute atomic E-state index is 13.3. The quantitative estimate of drug-likeness (QED) is 0.187. The van der Waals surface area contributed by atoms with Crippen LogP contribution in [0.1, 0.15) is 28.7 Å². The second kappa shape index (κ2) is 11.4. The number of phenols is 3. The van der Waals surface area contributed by atoms with Gasteiger partial charge in [-0.25, -0.2) is 0 Å². The molecule has 0 spiro atoms. The minimum atomic E-state index is -0.899. The van der Waals surface area contributed by atoms with Crippen molar-refractivity contribution in [2.45, 2.75) is 12.8 Å². The lowest BCUT2D eigenvalue weighted by Crippen LogP contribution is -2.26. The molecule has 5 rings (SSSR count). The van der Waals surface area contributed by atoms with Crippen LogP contribution in [0.3, 0.4) is 0 Å². The number of aromatic hydroxyl groups is 3. The molecule has 0 aromatic heterocycles. The first-order chi connectivity index (χ1) is 20.2. The third-order valence-corrected chi connectivity index (χ3v) is 7.00. The van der Waals surface area contributed by atoms with Crippen molar-refractivity contribution in [1.29, 1.82) is 0 Å². The molecule has 2 aliphatic rings. The molecule has 0 heterocycles. The van der Waals surface area contributed by atoms with Crippen molar-refractivity contribution in [1.82, 2.24) is 0 Å². The zero-order valence-corrected chi connectivity index (χ0v) is 22.2. The lowest BCUT2D eigenvalue weighted by Gasteiger charge is -2.27. The average molecular weight is 563 g/mol. The van der Waals surface area contributed by atoms with Gasteiger partial charge < -0.3 is 30.6 Å². The van der Waals surface area contributed by atoms with Crippen molar-refractivity contribution in [3.05, 3.63) is 141 Å². The molecular weight excluding hydrogens is 536 g/mol. The molecule has 0 aliphatic heterocycles. The van der Waals surface area contributed by atoms with Gasteiger partial charge in [0.25, 0.3) is 0 Å². The molecule has 3 aromatic rings. The maximum Gasteiger partial charge on any atom is 0.202 e. The zero-order chi connectivity index (χ0) is 30.0. The fourth-order valence-corrected chi connectivity index (χ4v) is 4.87. The summed E-state index contributed by atoms with van der Waals surface area (Å²) in [6.45, 7) is 0. The van der Waals surface area contributed by atoms with Crippen LogP contribution in [0.2, 0.25) is 0 Å². The fraction of sp³-hybridized carbons (Fsp3) is 0.0588. The Morgan fingerprint density at radius 1 is 0.619 bits per heavy atom. The fourth-order valence-electron chi connectivity index (χ4n) is 4.87. The van der Waals surface area contributed by atoms with E-state index in [1.165, 1.54) is 0 Å². The van der Waals surface area contributed by atoms with E-state index in [9.17, 15) is 40.2 Å². The van der Waals surface area contributed by atoms with Gasteiger partial charge in [0.1, 0.15) is 34.5 Å². The van der Waals surface area contributed by atoms with Gasteiger partial charge in [-0.05, 0) is 24.0 Å². The van der Waals surface area contributed by atoms with Crippen LogP contribution in [0.4, 0.5) is 0 Å². The molecule has 0 radical (unpaired) electrons. The smallest absolute Gasteiger partial charge is 0.202 e. The molecule has 0 saturated carbocycles. The Bertz CT molecular complexity index is 1790. The number of ketones is 2. The van der Waals surface area contributed by atoms with Gasteiger partial charge in [-0.3, -0.25) is 9.59 Å². The summed E-state index contributed by atoms with van der Waals surface area (Å²) in [6.07, 6.45) is 7.68. The molecule has 42 heavy (non-hydrogen) atoms. The molecule has 8 nitrogen and oxygen atoms in total. The SMILES string of the molecule is O=C1C=C(O)/C(=C2/C(=O)C(c3c(O)cc(O)c(C/C=C/c4ccccc4)c3O)=C2O)C(O)=C1C/C=C/c1ccccc1. The number of phenolic OH excluding ortho intramolecular Hbond substituents is 3. The van der Waals surface area contributed by atoms with Crippen molar-refractivity contribution in [3.63, 3.8) is 0 Å². The molecule has 2 aliphatic carbocycles. The number of hydrogen-bond donors (Lipinski definition) is 6. The molecule has 0 atom stereocenters. The van der Waals surface area contributed by atoms with Crippen molar-refractivity contribution in [2.24, 2.45) is 0 Å². The highest BCUT2D eigenvalue weighted by Crippen LogP contribution is 2.49. The molecule has 0 saturated heterocycles. The van der Waals surface area contributed by atoms with Crippen LogP contribution in [0.25, 0.3) is 17.7 Å². The maximum atomic E-state index is 13.3. The number of benzene rings is 3. The summed E-state index contributed by atoms with van der Waals surface area (Å²) in [7, 11) is 0. The molecule has 0 unspecified atom stereocenters. The molecule has 6 N–H and O–H groups in total. The monoisotopic (exact) mass is 562 g/mol. The van der Waals surface area contributed by atoms with E-state index >= 15 is 0 Å². The Kier molecular flexibility index (Phi) is 7.53. The van der Waals surface area contributed by atoms with Crippen LogP contribution in [-0.4, -0.2) is 42.2 Å². The second-order valence-electron chi connectivity index (χ2n) is 9.68. The van der Waals surface area contributed by atoms with Crippen LogP contribution in [0.15, 0.2) is 119 Å². The van der Waals surface area contributed by atoms with Crippen LogP contribution in [0.5, 0.6) is 17.2 Å². The molecule has 0 bridgehead atoms. The Hall–Kier alpha value is -5.76. The van der Waals surface area contributed by atoms with Gasteiger partial charge in [0.15, 0.2) is 5.78 Å². The average Bonchev–Trinajstić information content (AvgIpc) is 2.97. The third kappa shape index (κ3) is 5.09. The zero-order valence-electron chi connectivity index (χ0n) is 22.2. The number of carbonyl (C=O) groups is 2. The molecule has 8 heteroatoms. The Labute approximate surface area is 240 Å². The third-order valence-electron chi connectivity index (χ3n) is 7.00. The minimum Gasteiger partial charge on any atom is -0.507 e. The Morgan fingerprint density at radius 3 is 1.76 bits per heavy atom. The highest BCUT2D eigenvalue weighted by molar-refractivity contribution is 6.40. The van der Waals surface area contributed by atoms with Crippen molar-refractivity contribution >= 4 is 29.3 Å². The van der Waals surface area contributed by atoms with Gasteiger partial charge in [-0.2, -0.15) is 0 Å². The highest BCUT2D eigenvalue weighted by Gasteiger charge is 2.43. The first kappa shape index (κ1) is 27.8. The molecular formula is C34H26O8.